The van der Waals surface area contributed by atoms with E-state index in [-0.39, 0.29) is 24.1 Å². The summed E-state index contributed by atoms with van der Waals surface area (Å²) in [5.74, 6) is 0.274. The minimum absolute atomic E-state index is 0.0673. The Morgan fingerprint density at radius 1 is 1.23 bits per heavy atom. The number of H-pyrrole nitrogens is 1. The van der Waals surface area contributed by atoms with E-state index in [9.17, 15) is 9.59 Å². The Balaban J connectivity index is 1.73. The molecule has 0 saturated carbocycles. The molecule has 0 spiro atoms. The summed E-state index contributed by atoms with van der Waals surface area (Å²) in [6, 6.07) is 11.8. The fourth-order valence-electron chi connectivity index (χ4n) is 4.30. The third kappa shape index (κ3) is 5.83. The largest absolute Gasteiger partial charge is 0.465 e. The zero-order valence-electron chi connectivity index (χ0n) is 20.4. The van der Waals surface area contributed by atoms with Crippen molar-refractivity contribution in [3.8, 4) is 0 Å². The molecule has 1 aromatic carbocycles. The van der Waals surface area contributed by atoms with Crippen molar-refractivity contribution in [1.82, 2.24) is 30.1 Å². The quantitative estimate of drug-likeness (QED) is 0.334. The topological polar surface area (TPSA) is 106 Å². The second-order valence-electron chi connectivity index (χ2n) is 8.89. The number of hydrogen-bond acceptors (Lipinski definition) is 8. The standard InChI is InChI=1S/C25H30N6O3S/c1-5-34-22(32)15-31-24(27-28-29-31)23(16(2)3)30(14-20-7-6-10-35-20)13-19-12-18-9-8-17(4)11-21(18)26-25(19)33/h6-12,16,23H,5,13-15H2,1-4H3,(H,26,33). The number of aromatic amines is 1. The van der Waals surface area contributed by atoms with Crippen LogP contribution in [-0.4, -0.2) is 42.7 Å². The number of nitrogens with one attached hydrogen (secondary N) is 1. The van der Waals surface area contributed by atoms with Crippen LogP contribution in [0.15, 0.2) is 46.6 Å². The van der Waals surface area contributed by atoms with E-state index in [1.165, 1.54) is 4.68 Å². The molecule has 4 aromatic rings. The lowest BCUT2D eigenvalue weighted by Crippen LogP contribution is -2.35. The maximum absolute atomic E-state index is 13.1. The molecular formula is C25H30N6O3S. The Morgan fingerprint density at radius 3 is 2.77 bits per heavy atom. The summed E-state index contributed by atoms with van der Waals surface area (Å²) in [6.07, 6.45) is 0. The van der Waals surface area contributed by atoms with E-state index in [0.29, 0.717) is 31.1 Å². The van der Waals surface area contributed by atoms with Crippen LogP contribution in [0.4, 0.5) is 0 Å². The van der Waals surface area contributed by atoms with Crippen LogP contribution in [0.2, 0.25) is 0 Å². The van der Waals surface area contributed by atoms with E-state index in [1.54, 1.807) is 18.3 Å². The van der Waals surface area contributed by atoms with Crippen LogP contribution >= 0.6 is 11.3 Å². The van der Waals surface area contributed by atoms with Crippen molar-refractivity contribution in [3.63, 3.8) is 0 Å². The number of tetrazole rings is 1. The first-order valence-corrected chi connectivity index (χ1v) is 12.5. The molecule has 0 bridgehead atoms. The first-order chi connectivity index (χ1) is 16.9. The van der Waals surface area contributed by atoms with E-state index < -0.39 is 5.97 Å². The number of aryl methyl sites for hydroxylation is 1. The fraction of sp³-hybridized carbons (Fsp3) is 0.400. The van der Waals surface area contributed by atoms with Crippen molar-refractivity contribution in [2.45, 2.75) is 53.4 Å². The Labute approximate surface area is 207 Å². The highest BCUT2D eigenvalue weighted by molar-refractivity contribution is 7.09. The molecule has 3 heterocycles. The van der Waals surface area contributed by atoms with Crippen LogP contribution in [0.5, 0.6) is 0 Å². The number of esters is 1. The normalized spacial score (nSPS) is 12.5. The van der Waals surface area contributed by atoms with Crippen LogP contribution < -0.4 is 5.56 Å². The summed E-state index contributed by atoms with van der Waals surface area (Å²) >= 11 is 1.66. The van der Waals surface area contributed by atoms with Crippen molar-refractivity contribution in [2.75, 3.05) is 6.61 Å². The monoisotopic (exact) mass is 494 g/mol. The van der Waals surface area contributed by atoms with Gasteiger partial charge < -0.3 is 9.72 Å². The number of aromatic nitrogens is 5. The SMILES string of the molecule is CCOC(=O)Cn1nnnc1C(C(C)C)N(Cc1cccs1)Cc1cc2ccc(C)cc2[nH]c1=O. The second-order valence-corrected chi connectivity index (χ2v) is 9.92. The number of fused-ring (bicyclic) bond motifs is 1. The molecule has 0 fully saturated rings. The molecule has 0 saturated heterocycles. The zero-order chi connectivity index (χ0) is 24.9. The van der Waals surface area contributed by atoms with Crippen molar-refractivity contribution in [1.29, 1.82) is 0 Å². The number of ether oxygens (including phenoxy) is 1. The van der Waals surface area contributed by atoms with Gasteiger partial charge in [-0.25, -0.2) is 4.68 Å². The summed E-state index contributed by atoms with van der Waals surface area (Å²) < 4.78 is 6.60. The molecule has 10 heteroatoms. The average Bonchev–Trinajstić information content (AvgIpc) is 3.47. The van der Waals surface area contributed by atoms with Crippen LogP contribution in [-0.2, 0) is 29.2 Å². The van der Waals surface area contributed by atoms with E-state index in [4.69, 9.17) is 4.74 Å². The lowest BCUT2D eigenvalue weighted by molar-refractivity contribution is -0.144. The third-order valence-electron chi connectivity index (χ3n) is 5.82. The Bertz CT molecular complexity index is 1350. The number of nitrogens with zero attached hydrogens (tertiary/aromatic N) is 5. The molecule has 0 aliphatic heterocycles. The van der Waals surface area contributed by atoms with Crippen molar-refractivity contribution in [2.24, 2.45) is 5.92 Å². The number of hydrogen-bond donors (Lipinski definition) is 1. The van der Waals surface area contributed by atoms with Crippen LogP contribution in [0, 0.1) is 12.8 Å². The first-order valence-electron chi connectivity index (χ1n) is 11.7. The molecule has 3 aromatic heterocycles. The van der Waals surface area contributed by atoms with Gasteiger partial charge >= 0.3 is 5.97 Å². The van der Waals surface area contributed by atoms with Crippen molar-refractivity contribution >= 4 is 28.2 Å². The van der Waals surface area contributed by atoms with E-state index in [2.05, 4.69) is 45.3 Å². The van der Waals surface area contributed by atoms with Crippen LogP contribution in [0.3, 0.4) is 0 Å². The summed E-state index contributed by atoms with van der Waals surface area (Å²) in [5.41, 5.74) is 2.46. The number of carbonyl (C=O) groups excluding carboxylic acids is 1. The van der Waals surface area contributed by atoms with Crippen LogP contribution in [0.1, 0.15) is 48.6 Å². The number of thiophene rings is 1. The van der Waals surface area contributed by atoms with Gasteiger partial charge in [0.25, 0.3) is 5.56 Å². The molecule has 0 aliphatic carbocycles. The maximum Gasteiger partial charge on any atom is 0.327 e. The summed E-state index contributed by atoms with van der Waals surface area (Å²) in [5, 5.41) is 15.2. The summed E-state index contributed by atoms with van der Waals surface area (Å²) in [4.78, 5) is 31.6. The lowest BCUT2D eigenvalue weighted by Gasteiger charge is -2.33. The Kier molecular flexibility index (Phi) is 7.72. The predicted octanol–water partition coefficient (Wildman–Crippen LogP) is 3.85. The van der Waals surface area contributed by atoms with Gasteiger partial charge in [0.2, 0.25) is 0 Å². The fourth-order valence-corrected chi connectivity index (χ4v) is 5.03. The third-order valence-corrected chi connectivity index (χ3v) is 6.69. The number of rotatable bonds is 10. The maximum atomic E-state index is 13.1. The Hall–Kier alpha value is -3.37. The van der Waals surface area contributed by atoms with Gasteiger partial charge in [-0.3, -0.25) is 14.5 Å². The molecule has 0 radical (unpaired) electrons. The van der Waals surface area contributed by atoms with E-state index in [0.717, 1.165) is 21.3 Å². The van der Waals surface area contributed by atoms with E-state index >= 15 is 0 Å². The number of pyridine rings is 1. The molecular weight excluding hydrogens is 464 g/mol. The summed E-state index contributed by atoms with van der Waals surface area (Å²) in [7, 11) is 0. The van der Waals surface area contributed by atoms with Gasteiger partial charge in [0.1, 0.15) is 6.54 Å². The smallest absolute Gasteiger partial charge is 0.327 e. The molecule has 1 atom stereocenters. The second kappa shape index (κ2) is 10.9. The minimum Gasteiger partial charge on any atom is -0.465 e. The summed E-state index contributed by atoms with van der Waals surface area (Å²) in [6.45, 7) is 9.17. The Morgan fingerprint density at radius 2 is 2.06 bits per heavy atom. The molecule has 35 heavy (non-hydrogen) atoms. The van der Waals surface area contributed by atoms with Crippen molar-refractivity contribution in [3.05, 3.63) is 74.0 Å². The molecule has 9 nitrogen and oxygen atoms in total. The highest BCUT2D eigenvalue weighted by Crippen LogP contribution is 2.31. The van der Waals surface area contributed by atoms with Gasteiger partial charge in [-0.15, -0.1) is 16.4 Å². The van der Waals surface area contributed by atoms with Gasteiger partial charge in [-0.1, -0.05) is 32.0 Å². The molecule has 4 rings (SSSR count). The van der Waals surface area contributed by atoms with Crippen LogP contribution in [0.25, 0.3) is 10.9 Å². The van der Waals surface area contributed by atoms with Crippen molar-refractivity contribution < 1.29 is 9.53 Å². The number of benzene rings is 1. The molecule has 0 amide bonds. The van der Waals surface area contributed by atoms with Gasteiger partial charge in [-0.05, 0) is 64.7 Å². The highest BCUT2D eigenvalue weighted by Gasteiger charge is 2.31. The van der Waals surface area contributed by atoms with Gasteiger partial charge in [0, 0.05) is 29.0 Å². The minimum atomic E-state index is -0.394. The van der Waals surface area contributed by atoms with E-state index in [1.807, 2.05) is 42.6 Å². The highest BCUT2D eigenvalue weighted by atomic mass is 32.1. The van der Waals surface area contributed by atoms with Gasteiger partial charge in [-0.2, -0.15) is 0 Å². The zero-order valence-corrected chi connectivity index (χ0v) is 21.2. The molecule has 1 unspecified atom stereocenters. The lowest BCUT2D eigenvalue weighted by atomic mass is 10.00. The first kappa shape index (κ1) is 24.7. The van der Waals surface area contributed by atoms with Gasteiger partial charge in [0.05, 0.1) is 12.6 Å². The van der Waals surface area contributed by atoms with Gasteiger partial charge in [0.15, 0.2) is 5.82 Å². The molecule has 0 aliphatic rings. The number of carbonyl (C=O) groups is 1. The molecule has 184 valence electrons. The molecule has 1 N–H and O–H groups in total. The average molecular weight is 495 g/mol. The predicted molar refractivity (Wildman–Crippen MR) is 135 cm³/mol.